The van der Waals surface area contributed by atoms with Crippen LogP contribution in [0.1, 0.15) is 36.3 Å². The first kappa shape index (κ1) is 16.3. The molecule has 0 aliphatic carbocycles. The number of ether oxygens (including phenoxy) is 1. The molecule has 0 spiro atoms. The molecule has 3 aliphatic heterocycles. The number of hydrogen-bond acceptors (Lipinski definition) is 3. The van der Waals surface area contributed by atoms with Gasteiger partial charge in [0.2, 0.25) is 0 Å². The van der Waals surface area contributed by atoms with Crippen LogP contribution in [0.5, 0.6) is 0 Å². The Kier molecular flexibility index (Phi) is 4.84. The molecule has 3 fully saturated rings. The maximum absolute atomic E-state index is 12.7. The van der Waals surface area contributed by atoms with Crippen LogP contribution in [0.3, 0.4) is 0 Å². The Labute approximate surface area is 149 Å². The summed E-state index contributed by atoms with van der Waals surface area (Å²) in [4.78, 5) is 15.1. The standard InChI is InChI=1S/C22H25NO2/c24-22(25-21-16-23-13-11-19(21)12-14-23)15-20(17-7-3-1-4-8-17)18-9-5-2-6-10-18/h1-10,19-21H,11-16H2/t21-/m1/s1. The zero-order valence-electron chi connectivity index (χ0n) is 14.5. The van der Waals surface area contributed by atoms with Crippen LogP contribution in [0.4, 0.5) is 0 Å². The fourth-order valence-electron chi connectivity index (χ4n) is 4.23. The molecule has 3 saturated heterocycles. The summed E-state index contributed by atoms with van der Waals surface area (Å²) in [5.41, 5.74) is 2.33. The van der Waals surface area contributed by atoms with Crippen molar-refractivity contribution in [1.29, 1.82) is 0 Å². The molecular weight excluding hydrogens is 310 g/mol. The van der Waals surface area contributed by atoms with Gasteiger partial charge < -0.3 is 4.74 Å². The molecule has 2 aromatic carbocycles. The Morgan fingerprint density at radius 3 is 2.00 bits per heavy atom. The molecule has 1 atom stereocenters. The van der Waals surface area contributed by atoms with Gasteiger partial charge >= 0.3 is 5.97 Å². The van der Waals surface area contributed by atoms with Crippen molar-refractivity contribution in [2.24, 2.45) is 5.92 Å². The molecule has 3 nitrogen and oxygen atoms in total. The van der Waals surface area contributed by atoms with E-state index in [9.17, 15) is 4.79 Å². The van der Waals surface area contributed by atoms with Gasteiger partial charge in [0.1, 0.15) is 6.10 Å². The van der Waals surface area contributed by atoms with Crippen LogP contribution in [0.2, 0.25) is 0 Å². The highest BCUT2D eigenvalue weighted by molar-refractivity contribution is 5.71. The number of hydrogen-bond donors (Lipinski definition) is 0. The van der Waals surface area contributed by atoms with Crippen molar-refractivity contribution in [3.8, 4) is 0 Å². The molecule has 0 unspecified atom stereocenters. The third kappa shape index (κ3) is 3.77. The average molecular weight is 335 g/mol. The Bertz CT molecular complexity index is 653. The van der Waals surface area contributed by atoms with Crippen LogP contribution in [-0.4, -0.2) is 36.6 Å². The van der Waals surface area contributed by atoms with Crippen molar-refractivity contribution in [2.45, 2.75) is 31.3 Å². The first-order valence-electron chi connectivity index (χ1n) is 9.31. The van der Waals surface area contributed by atoms with Gasteiger partial charge in [-0.05, 0) is 43.0 Å². The van der Waals surface area contributed by atoms with Crippen molar-refractivity contribution in [3.05, 3.63) is 71.8 Å². The second-order valence-electron chi connectivity index (χ2n) is 7.24. The zero-order valence-corrected chi connectivity index (χ0v) is 14.5. The van der Waals surface area contributed by atoms with E-state index < -0.39 is 0 Å². The predicted octanol–water partition coefficient (Wildman–Crippen LogP) is 3.85. The molecular formula is C22H25NO2. The van der Waals surface area contributed by atoms with E-state index in [0.29, 0.717) is 12.3 Å². The van der Waals surface area contributed by atoms with Crippen LogP contribution < -0.4 is 0 Å². The minimum Gasteiger partial charge on any atom is -0.461 e. The summed E-state index contributed by atoms with van der Waals surface area (Å²) in [6.07, 6.45) is 2.82. The summed E-state index contributed by atoms with van der Waals surface area (Å²) in [7, 11) is 0. The minimum atomic E-state index is -0.0727. The van der Waals surface area contributed by atoms with Crippen LogP contribution in [-0.2, 0) is 9.53 Å². The topological polar surface area (TPSA) is 29.5 Å². The largest absolute Gasteiger partial charge is 0.461 e. The molecule has 5 rings (SSSR count). The van der Waals surface area contributed by atoms with Gasteiger partial charge in [-0.15, -0.1) is 0 Å². The van der Waals surface area contributed by atoms with Gasteiger partial charge in [-0.3, -0.25) is 9.69 Å². The third-order valence-corrected chi connectivity index (χ3v) is 5.65. The third-order valence-electron chi connectivity index (χ3n) is 5.65. The van der Waals surface area contributed by atoms with Gasteiger partial charge in [0.15, 0.2) is 0 Å². The van der Waals surface area contributed by atoms with E-state index in [0.717, 1.165) is 19.6 Å². The molecule has 130 valence electrons. The van der Waals surface area contributed by atoms with E-state index in [1.165, 1.54) is 24.0 Å². The average Bonchev–Trinajstić information content (AvgIpc) is 2.68. The van der Waals surface area contributed by atoms with E-state index in [2.05, 4.69) is 29.2 Å². The minimum absolute atomic E-state index is 0.0518. The van der Waals surface area contributed by atoms with E-state index in [4.69, 9.17) is 4.74 Å². The molecule has 3 heterocycles. The number of carbonyl (C=O) groups is 1. The maximum atomic E-state index is 12.7. The van der Waals surface area contributed by atoms with Crippen molar-refractivity contribution in [1.82, 2.24) is 4.90 Å². The summed E-state index contributed by atoms with van der Waals surface area (Å²) < 4.78 is 5.92. The Hall–Kier alpha value is -2.13. The molecule has 2 bridgehead atoms. The summed E-state index contributed by atoms with van der Waals surface area (Å²) >= 11 is 0. The zero-order chi connectivity index (χ0) is 17.1. The quantitative estimate of drug-likeness (QED) is 0.778. The van der Waals surface area contributed by atoms with Crippen LogP contribution in [0.15, 0.2) is 60.7 Å². The first-order valence-corrected chi connectivity index (χ1v) is 9.31. The molecule has 25 heavy (non-hydrogen) atoms. The molecule has 0 saturated carbocycles. The smallest absolute Gasteiger partial charge is 0.307 e. The highest BCUT2D eigenvalue weighted by atomic mass is 16.5. The summed E-state index contributed by atoms with van der Waals surface area (Å²) in [6.45, 7) is 3.24. The van der Waals surface area contributed by atoms with Crippen LogP contribution >= 0.6 is 0 Å². The Morgan fingerprint density at radius 1 is 0.960 bits per heavy atom. The molecule has 0 aromatic heterocycles. The van der Waals surface area contributed by atoms with Crippen LogP contribution in [0.25, 0.3) is 0 Å². The summed E-state index contributed by atoms with van der Waals surface area (Å²) in [5, 5.41) is 0. The SMILES string of the molecule is O=C(CC(c1ccccc1)c1ccccc1)O[C@@H]1CN2CCC1CC2. The number of carbonyl (C=O) groups excluding carboxylic acids is 1. The van der Waals surface area contributed by atoms with Gasteiger partial charge in [-0.2, -0.15) is 0 Å². The molecule has 3 aliphatic rings. The van der Waals surface area contributed by atoms with Crippen molar-refractivity contribution >= 4 is 5.97 Å². The van der Waals surface area contributed by atoms with Crippen molar-refractivity contribution < 1.29 is 9.53 Å². The molecule has 3 heteroatoms. The number of fused-ring (bicyclic) bond motifs is 3. The first-order chi connectivity index (χ1) is 12.3. The Morgan fingerprint density at radius 2 is 1.52 bits per heavy atom. The molecule has 2 aromatic rings. The van der Waals surface area contributed by atoms with E-state index in [-0.39, 0.29) is 18.0 Å². The van der Waals surface area contributed by atoms with E-state index in [1.54, 1.807) is 0 Å². The molecule has 0 radical (unpaired) electrons. The van der Waals surface area contributed by atoms with Gasteiger partial charge in [0, 0.05) is 12.5 Å². The van der Waals surface area contributed by atoms with Gasteiger partial charge in [0.05, 0.1) is 6.42 Å². The maximum Gasteiger partial charge on any atom is 0.307 e. The van der Waals surface area contributed by atoms with Crippen molar-refractivity contribution in [2.75, 3.05) is 19.6 Å². The van der Waals surface area contributed by atoms with Crippen LogP contribution in [0, 0.1) is 5.92 Å². The number of esters is 1. The number of benzene rings is 2. The lowest BCUT2D eigenvalue weighted by atomic mass is 9.85. The van der Waals surface area contributed by atoms with Gasteiger partial charge in [-0.25, -0.2) is 0 Å². The van der Waals surface area contributed by atoms with Crippen molar-refractivity contribution in [3.63, 3.8) is 0 Å². The van der Waals surface area contributed by atoms with Gasteiger partial charge in [0.25, 0.3) is 0 Å². The normalized spacial score (nSPS) is 25.1. The number of rotatable bonds is 5. The second kappa shape index (κ2) is 7.40. The number of nitrogens with zero attached hydrogens (tertiary/aromatic N) is 1. The summed E-state index contributed by atoms with van der Waals surface area (Å²) in [5.74, 6) is 0.535. The lowest BCUT2D eigenvalue weighted by Gasteiger charge is -2.44. The lowest BCUT2D eigenvalue weighted by molar-refractivity contribution is -0.159. The monoisotopic (exact) mass is 335 g/mol. The molecule has 0 amide bonds. The predicted molar refractivity (Wildman–Crippen MR) is 98.4 cm³/mol. The fourth-order valence-corrected chi connectivity index (χ4v) is 4.23. The molecule has 0 N–H and O–H groups in total. The van der Waals surface area contributed by atoms with Gasteiger partial charge in [-0.1, -0.05) is 60.7 Å². The Balaban J connectivity index is 1.48. The van der Waals surface area contributed by atoms with E-state index >= 15 is 0 Å². The summed E-state index contributed by atoms with van der Waals surface area (Å²) in [6, 6.07) is 20.5. The second-order valence-corrected chi connectivity index (χ2v) is 7.24. The highest BCUT2D eigenvalue weighted by Gasteiger charge is 2.36. The fraction of sp³-hybridized carbons (Fsp3) is 0.409. The van der Waals surface area contributed by atoms with E-state index in [1.807, 2.05) is 36.4 Å². The number of piperidine rings is 3. The lowest BCUT2D eigenvalue weighted by Crippen LogP contribution is -2.52. The highest BCUT2D eigenvalue weighted by Crippen LogP contribution is 2.32.